The summed E-state index contributed by atoms with van der Waals surface area (Å²) in [5, 5.41) is 1.19. The van der Waals surface area contributed by atoms with Gasteiger partial charge < -0.3 is 0 Å². The maximum absolute atomic E-state index is 5.19. The highest BCUT2D eigenvalue weighted by atomic mass is 32.5. The van der Waals surface area contributed by atoms with E-state index in [1.54, 1.807) is 0 Å². The highest BCUT2D eigenvalue weighted by Gasteiger charge is 2.51. The molecule has 3 unspecified atom stereocenters. The lowest BCUT2D eigenvalue weighted by molar-refractivity contribution is 0.775. The largest absolute Gasteiger partial charge is 0.260 e. The molecule has 1 aliphatic heterocycles. The smallest absolute Gasteiger partial charge is 0.0510 e. The molecule has 106 valence electrons. The van der Waals surface area contributed by atoms with Gasteiger partial charge in [0.25, 0.3) is 0 Å². The molecule has 0 N–H and O–H groups in total. The first-order valence-electron chi connectivity index (χ1n) is 6.72. The summed E-state index contributed by atoms with van der Waals surface area (Å²) in [6.07, 6.45) is 0. The molecular formula is C14H30NP3. The molecule has 0 spiro atoms. The van der Waals surface area contributed by atoms with E-state index in [1.165, 1.54) is 5.45 Å². The van der Waals surface area contributed by atoms with Crippen LogP contribution in [0.15, 0.2) is 4.76 Å². The zero-order valence-electron chi connectivity index (χ0n) is 13.8. The van der Waals surface area contributed by atoms with Gasteiger partial charge in [-0.25, -0.2) is 0 Å². The first-order valence-corrected chi connectivity index (χ1v) is 12.1. The Balaban J connectivity index is 3.27. The summed E-state index contributed by atoms with van der Waals surface area (Å²) in [4.78, 5) is 0. The van der Waals surface area contributed by atoms with Gasteiger partial charge in [-0.2, -0.15) is 0 Å². The van der Waals surface area contributed by atoms with Gasteiger partial charge in [0.05, 0.1) is 7.76 Å². The average molecular weight is 305 g/mol. The second-order valence-corrected chi connectivity index (χ2v) is 20.4. The van der Waals surface area contributed by atoms with Gasteiger partial charge in [0.2, 0.25) is 0 Å². The van der Waals surface area contributed by atoms with Gasteiger partial charge in [-0.15, -0.1) is 0 Å². The van der Waals surface area contributed by atoms with Crippen molar-refractivity contribution in [1.29, 1.82) is 0 Å². The molecule has 0 radical (unpaired) electrons. The number of rotatable bonds is 0. The molecule has 0 fully saturated rings. The summed E-state index contributed by atoms with van der Waals surface area (Å²) >= 11 is 0. The van der Waals surface area contributed by atoms with Crippen molar-refractivity contribution in [3.05, 3.63) is 0 Å². The van der Waals surface area contributed by atoms with E-state index in [2.05, 4.69) is 69.2 Å². The van der Waals surface area contributed by atoms with Crippen LogP contribution in [0.5, 0.6) is 0 Å². The van der Waals surface area contributed by atoms with E-state index in [9.17, 15) is 0 Å². The molecule has 0 amide bonds. The standard InChI is InChI=1S/C14H30NP3/c1-11-15-17(13(5,6)7)18(14(8,9)10)16(11)12(2,3)4/h1-10H3. The van der Waals surface area contributed by atoms with Crippen molar-refractivity contribution >= 4 is 28.1 Å². The zero-order valence-corrected chi connectivity index (χ0v) is 16.5. The van der Waals surface area contributed by atoms with E-state index in [0.29, 0.717) is 15.5 Å². The minimum atomic E-state index is -0.199. The van der Waals surface area contributed by atoms with E-state index >= 15 is 0 Å². The van der Waals surface area contributed by atoms with Gasteiger partial charge in [0.15, 0.2) is 0 Å². The van der Waals surface area contributed by atoms with Crippen LogP contribution in [-0.4, -0.2) is 20.9 Å². The van der Waals surface area contributed by atoms with Crippen molar-refractivity contribution in [2.45, 2.75) is 84.7 Å². The van der Waals surface area contributed by atoms with Gasteiger partial charge in [0, 0.05) is 10.6 Å². The van der Waals surface area contributed by atoms with Crippen LogP contribution >= 0.6 is 22.7 Å². The molecule has 0 saturated heterocycles. The predicted octanol–water partition coefficient (Wildman–Crippen LogP) is 7.00. The normalized spacial score (nSPS) is 30.6. The molecule has 1 nitrogen and oxygen atoms in total. The third-order valence-corrected chi connectivity index (χ3v) is 22.2. The Morgan fingerprint density at radius 3 is 1.44 bits per heavy atom. The highest BCUT2D eigenvalue weighted by molar-refractivity contribution is 8.66. The Hall–Kier alpha value is 0.960. The second kappa shape index (κ2) is 5.06. The van der Waals surface area contributed by atoms with Gasteiger partial charge in [-0.05, 0) is 32.1 Å². The molecule has 1 aliphatic rings. The summed E-state index contributed by atoms with van der Waals surface area (Å²) in [5.41, 5.74) is 1.49. The Kier molecular flexibility index (Phi) is 4.78. The van der Waals surface area contributed by atoms with Gasteiger partial charge in [-0.1, -0.05) is 62.3 Å². The zero-order chi connectivity index (χ0) is 14.5. The van der Waals surface area contributed by atoms with E-state index in [1.807, 2.05) is 0 Å². The molecule has 0 aliphatic carbocycles. The number of nitrogens with zero attached hydrogens (tertiary/aromatic N) is 1. The van der Waals surface area contributed by atoms with Crippen LogP contribution in [0.2, 0.25) is 0 Å². The fourth-order valence-electron chi connectivity index (χ4n) is 2.23. The van der Waals surface area contributed by atoms with Gasteiger partial charge in [-0.3, -0.25) is 4.76 Å². The van der Waals surface area contributed by atoms with Crippen molar-refractivity contribution in [1.82, 2.24) is 0 Å². The minimum Gasteiger partial charge on any atom is -0.260 e. The van der Waals surface area contributed by atoms with Crippen molar-refractivity contribution < 1.29 is 0 Å². The highest BCUT2D eigenvalue weighted by Crippen LogP contribution is 3.00. The summed E-state index contributed by atoms with van der Waals surface area (Å²) in [6.45, 7) is 24.0. The number of hydrogen-bond acceptors (Lipinski definition) is 1. The summed E-state index contributed by atoms with van der Waals surface area (Å²) in [6, 6.07) is 0. The maximum Gasteiger partial charge on any atom is 0.0510 e. The van der Waals surface area contributed by atoms with E-state index in [0.717, 1.165) is 0 Å². The molecule has 1 rings (SSSR count). The van der Waals surface area contributed by atoms with E-state index in [-0.39, 0.29) is 22.7 Å². The van der Waals surface area contributed by atoms with Crippen molar-refractivity contribution in [2.75, 3.05) is 0 Å². The Labute approximate surface area is 118 Å². The fourth-order valence-corrected chi connectivity index (χ4v) is 24.6. The molecule has 3 atom stereocenters. The summed E-state index contributed by atoms with van der Waals surface area (Å²) in [7, 11) is -0.260. The monoisotopic (exact) mass is 305 g/mol. The maximum atomic E-state index is 5.19. The van der Waals surface area contributed by atoms with E-state index in [4.69, 9.17) is 4.76 Å². The lowest BCUT2D eigenvalue weighted by Gasteiger charge is -2.44. The van der Waals surface area contributed by atoms with Crippen molar-refractivity contribution in [3.8, 4) is 0 Å². The molecule has 18 heavy (non-hydrogen) atoms. The Morgan fingerprint density at radius 1 is 0.722 bits per heavy atom. The Morgan fingerprint density at radius 2 is 1.17 bits per heavy atom. The van der Waals surface area contributed by atoms with Crippen molar-refractivity contribution in [3.63, 3.8) is 0 Å². The summed E-state index contributed by atoms with van der Waals surface area (Å²) < 4.78 is 5.19. The fraction of sp³-hybridized carbons (Fsp3) is 0.929. The number of hydrogen-bond donors (Lipinski definition) is 0. The van der Waals surface area contributed by atoms with Gasteiger partial charge >= 0.3 is 0 Å². The lowest BCUT2D eigenvalue weighted by atomic mass is 10.3. The quantitative estimate of drug-likeness (QED) is 0.427. The second-order valence-electron chi connectivity index (χ2n) is 8.05. The molecule has 0 aromatic carbocycles. The third kappa shape index (κ3) is 3.53. The van der Waals surface area contributed by atoms with Crippen molar-refractivity contribution in [2.24, 2.45) is 4.76 Å². The molecule has 0 bridgehead atoms. The molecule has 4 heteroatoms. The van der Waals surface area contributed by atoms with Gasteiger partial charge in [0.1, 0.15) is 0 Å². The van der Waals surface area contributed by atoms with Crippen LogP contribution in [0.1, 0.15) is 69.2 Å². The van der Waals surface area contributed by atoms with Crippen LogP contribution in [0.4, 0.5) is 0 Å². The topological polar surface area (TPSA) is 12.4 Å². The average Bonchev–Trinajstić information content (AvgIpc) is 2.39. The summed E-state index contributed by atoms with van der Waals surface area (Å²) in [5.74, 6) is 0. The van der Waals surface area contributed by atoms with Crippen LogP contribution in [0.3, 0.4) is 0 Å². The minimum absolute atomic E-state index is 0.00257. The molecule has 0 aromatic rings. The van der Waals surface area contributed by atoms with Crippen LogP contribution in [0.25, 0.3) is 0 Å². The van der Waals surface area contributed by atoms with E-state index < -0.39 is 0 Å². The predicted molar refractivity (Wildman–Crippen MR) is 93.1 cm³/mol. The SMILES string of the molecule is CC1=NP(C(C)(C)C)P(C(C)(C)C)P1C(C)(C)C. The molecule has 0 saturated carbocycles. The third-order valence-electron chi connectivity index (χ3n) is 2.75. The van der Waals surface area contributed by atoms with Crippen LogP contribution < -0.4 is 0 Å². The van der Waals surface area contributed by atoms with Crippen LogP contribution in [0, 0.1) is 0 Å². The molecule has 0 aromatic heterocycles. The Bertz CT molecular complexity index is 342. The molecular weight excluding hydrogens is 275 g/mol. The lowest BCUT2D eigenvalue weighted by Crippen LogP contribution is -2.19. The molecule has 1 heterocycles. The van der Waals surface area contributed by atoms with Crippen LogP contribution in [-0.2, 0) is 0 Å². The first-order chi connectivity index (χ1) is 7.76. The first kappa shape index (κ1) is 17.0.